The zero-order chi connectivity index (χ0) is 19.2. The molecule has 3 rings (SSSR count). The average Bonchev–Trinajstić information content (AvgIpc) is 2.99. The maximum atomic E-state index is 12.2. The zero-order valence-corrected chi connectivity index (χ0v) is 15.4. The molecular formula is C20H21N5O2. The van der Waals surface area contributed by atoms with Gasteiger partial charge in [-0.2, -0.15) is 5.10 Å². The van der Waals surface area contributed by atoms with Gasteiger partial charge in [0, 0.05) is 0 Å². The van der Waals surface area contributed by atoms with Crippen molar-refractivity contribution in [1.82, 2.24) is 15.2 Å². The first kappa shape index (κ1) is 18.2. The van der Waals surface area contributed by atoms with Crippen LogP contribution in [-0.2, 0) is 9.53 Å². The van der Waals surface area contributed by atoms with Gasteiger partial charge in [0.15, 0.2) is 0 Å². The first-order valence-electron chi connectivity index (χ1n) is 8.46. The number of nitrogens with zero attached hydrogens (tertiary/aromatic N) is 3. The summed E-state index contributed by atoms with van der Waals surface area (Å²) in [5.41, 5.74) is 9.64. The van der Waals surface area contributed by atoms with Crippen LogP contribution in [0.3, 0.4) is 0 Å². The number of hydrazine groups is 1. The number of para-hydroxylation sites is 2. The van der Waals surface area contributed by atoms with E-state index in [1.165, 1.54) is 7.11 Å². The molecule has 2 N–H and O–H groups in total. The Morgan fingerprint density at radius 3 is 2.30 bits per heavy atom. The first-order valence-corrected chi connectivity index (χ1v) is 8.46. The molecule has 27 heavy (non-hydrogen) atoms. The van der Waals surface area contributed by atoms with Crippen molar-refractivity contribution in [2.45, 2.75) is 13.8 Å². The predicted molar refractivity (Wildman–Crippen MR) is 105 cm³/mol. The maximum Gasteiger partial charge on any atom is 0.375 e. The van der Waals surface area contributed by atoms with Crippen LogP contribution in [0.4, 0.5) is 11.4 Å². The Morgan fingerprint density at radius 1 is 1.04 bits per heavy atom. The lowest BCUT2D eigenvalue weighted by atomic mass is 10.3. The van der Waals surface area contributed by atoms with Gasteiger partial charge in [-0.05, 0) is 38.1 Å². The molecule has 0 atom stereocenters. The monoisotopic (exact) mass is 363 g/mol. The van der Waals surface area contributed by atoms with Crippen LogP contribution >= 0.6 is 0 Å². The number of aliphatic imine (C=N–C) groups is 1. The zero-order valence-electron chi connectivity index (χ0n) is 15.4. The molecule has 0 aliphatic rings. The van der Waals surface area contributed by atoms with Crippen molar-refractivity contribution < 1.29 is 9.53 Å². The largest absolute Gasteiger partial charge is 0.463 e. The maximum absolute atomic E-state index is 12.2. The highest BCUT2D eigenvalue weighted by molar-refractivity contribution is 6.36. The van der Waals surface area contributed by atoms with Gasteiger partial charge in [-0.3, -0.25) is 10.9 Å². The van der Waals surface area contributed by atoms with E-state index in [0.717, 1.165) is 17.1 Å². The molecular weight excluding hydrogens is 342 g/mol. The van der Waals surface area contributed by atoms with Gasteiger partial charge < -0.3 is 4.74 Å². The minimum Gasteiger partial charge on any atom is -0.463 e. The number of hydrogen-bond donors (Lipinski definition) is 2. The minimum absolute atomic E-state index is 0.0418. The molecule has 138 valence electrons. The van der Waals surface area contributed by atoms with Gasteiger partial charge in [0.05, 0.1) is 29.9 Å². The van der Waals surface area contributed by atoms with Gasteiger partial charge in [-0.1, -0.05) is 36.4 Å². The number of carbonyl (C=O) groups is 1. The molecule has 0 amide bonds. The van der Waals surface area contributed by atoms with Crippen molar-refractivity contribution in [2.75, 3.05) is 12.5 Å². The number of benzene rings is 2. The normalized spacial score (nSPS) is 11.1. The third-order valence-electron chi connectivity index (χ3n) is 3.96. The molecule has 0 radical (unpaired) electrons. The van der Waals surface area contributed by atoms with E-state index in [1.807, 2.05) is 74.5 Å². The quantitative estimate of drug-likeness (QED) is 0.322. The van der Waals surface area contributed by atoms with Crippen LogP contribution < -0.4 is 10.9 Å². The number of anilines is 1. The highest BCUT2D eigenvalue weighted by Gasteiger charge is 2.17. The predicted octanol–water partition coefficient (Wildman–Crippen LogP) is 3.31. The molecule has 0 saturated carbocycles. The number of amidine groups is 1. The van der Waals surface area contributed by atoms with Crippen molar-refractivity contribution in [3.63, 3.8) is 0 Å². The molecule has 0 aliphatic heterocycles. The first-order chi connectivity index (χ1) is 13.1. The van der Waals surface area contributed by atoms with E-state index in [2.05, 4.69) is 20.9 Å². The number of aryl methyl sites for hydroxylation is 1. The number of esters is 1. The van der Waals surface area contributed by atoms with Crippen LogP contribution in [0, 0.1) is 13.8 Å². The van der Waals surface area contributed by atoms with Crippen molar-refractivity contribution >= 4 is 23.2 Å². The number of hydrogen-bond acceptors (Lipinski definition) is 5. The lowest BCUT2D eigenvalue weighted by molar-refractivity contribution is -0.132. The van der Waals surface area contributed by atoms with E-state index in [9.17, 15) is 4.79 Å². The fraction of sp³-hybridized carbons (Fsp3) is 0.150. The summed E-state index contributed by atoms with van der Waals surface area (Å²) in [6.45, 7) is 3.76. The Balaban J connectivity index is 1.93. The van der Waals surface area contributed by atoms with E-state index in [0.29, 0.717) is 11.4 Å². The molecule has 0 unspecified atom stereocenters. The van der Waals surface area contributed by atoms with Gasteiger partial charge >= 0.3 is 5.97 Å². The topological polar surface area (TPSA) is 80.5 Å². The van der Waals surface area contributed by atoms with E-state index in [-0.39, 0.29) is 5.84 Å². The lowest BCUT2D eigenvalue weighted by Crippen LogP contribution is -2.36. The fourth-order valence-corrected chi connectivity index (χ4v) is 2.60. The SMILES string of the molecule is COC(=O)C(=Nc1c(C)nn(-c2ccccc2)c1C)NNc1ccccc1. The summed E-state index contributed by atoms with van der Waals surface area (Å²) in [5.74, 6) is -0.537. The summed E-state index contributed by atoms with van der Waals surface area (Å²) in [7, 11) is 1.31. The summed E-state index contributed by atoms with van der Waals surface area (Å²) in [4.78, 5) is 16.6. The highest BCUT2D eigenvalue weighted by Crippen LogP contribution is 2.25. The van der Waals surface area contributed by atoms with Crippen molar-refractivity contribution in [1.29, 1.82) is 0 Å². The second kappa shape index (κ2) is 8.18. The average molecular weight is 363 g/mol. The smallest absolute Gasteiger partial charge is 0.375 e. The van der Waals surface area contributed by atoms with E-state index in [1.54, 1.807) is 4.68 Å². The summed E-state index contributed by atoms with van der Waals surface area (Å²) < 4.78 is 6.64. The lowest BCUT2D eigenvalue weighted by Gasteiger charge is -2.11. The van der Waals surface area contributed by atoms with Gasteiger partial charge in [0.2, 0.25) is 5.84 Å². The Kier molecular flexibility index (Phi) is 5.51. The number of carbonyl (C=O) groups excluding carboxylic acids is 1. The molecule has 7 heteroatoms. The molecule has 2 aromatic carbocycles. The van der Waals surface area contributed by atoms with Gasteiger partial charge in [0.1, 0.15) is 5.69 Å². The molecule has 1 aromatic heterocycles. The number of methoxy groups -OCH3 is 1. The van der Waals surface area contributed by atoms with Crippen LogP contribution in [0.1, 0.15) is 11.4 Å². The van der Waals surface area contributed by atoms with Crippen LogP contribution in [-0.4, -0.2) is 28.7 Å². The Bertz CT molecular complexity index is 949. The molecule has 0 bridgehead atoms. The van der Waals surface area contributed by atoms with Crippen molar-refractivity contribution in [3.8, 4) is 5.69 Å². The molecule has 0 fully saturated rings. The Labute approximate surface area is 157 Å². The van der Waals surface area contributed by atoms with E-state index >= 15 is 0 Å². The van der Waals surface area contributed by atoms with E-state index < -0.39 is 5.97 Å². The number of aromatic nitrogens is 2. The second-order valence-electron chi connectivity index (χ2n) is 5.83. The van der Waals surface area contributed by atoms with Crippen LogP contribution in [0.15, 0.2) is 65.7 Å². The number of ether oxygens (including phenoxy) is 1. The minimum atomic E-state index is -0.579. The molecule has 0 saturated heterocycles. The van der Waals surface area contributed by atoms with Gasteiger partial charge in [-0.25, -0.2) is 14.5 Å². The van der Waals surface area contributed by atoms with Crippen LogP contribution in [0.25, 0.3) is 5.69 Å². The highest BCUT2D eigenvalue weighted by atomic mass is 16.5. The molecule has 0 spiro atoms. The third-order valence-corrected chi connectivity index (χ3v) is 3.96. The second-order valence-corrected chi connectivity index (χ2v) is 5.83. The van der Waals surface area contributed by atoms with E-state index in [4.69, 9.17) is 4.74 Å². The van der Waals surface area contributed by atoms with Crippen LogP contribution in [0.5, 0.6) is 0 Å². The summed E-state index contributed by atoms with van der Waals surface area (Å²) in [6.07, 6.45) is 0. The summed E-state index contributed by atoms with van der Waals surface area (Å²) >= 11 is 0. The summed E-state index contributed by atoms with van der Waals surface area (Å²) in [6, 6.07) is 19.2. The van der Waals surface area contributed by atoms with Crippen LogP contribution in [0.2, 0.25) is 0 Å². The van der Waals surface area contributed by atoms with Gasteiger partial charge in [0.25, 0.3) is 0 Å². The van der Waals surface area contributed by atoms with Crippen molar-refractivity contribution in [3.05, 3.63) is 72.1 Å². The molecule has 0 aliphatic carbocycles. The number of rotatable bonds is 4. The molecule has 3 aromatic rings. The third kappa shape index (κ3) is 4.14. The standard InChI is InChI=1S/C20H21N5O2/c1-14-18(15(2)25(24-14)17-12-8-5-9-13-17)21-19(20(26)27-3)23-22-16-10-6-4-7-11-16/h4-13,22H,1-3H3,(H,21,23). The number of nitrogens with one attached hydrogen (secondary N) is 2. The molecule has 1 heterocycles. The fourth-order valence-electron chi connectivity index (χ4n) is 2.60. The Morgan fingerprint density at radius 2 is 1.67 bits per heavy atom. The summed E-state index contributed by atoms with van der Waals surface area (Å²) in [5, 5.41) is 4.55. The van der Waals surface area contributed by atoms with Crippen molar-refractivity contribution in [2.24, 2.45) is 4.99 Å². The van der Waals surface area contributed by atoms with Gasteiger partial charge in [-0.15, -0.1) is 0 Å². The Hall–Kier alpha value is -3.61. The molecule has 7 nitrogen and oxygen atoms in total.